The smallest absolute Gasteiger partial charge is 0.213 e. The Kier molecular flexibility index (Phi) is 13.9. The van der Waals surface area contributed by atoms with Crippen molar-refractivity contribution in [1.82, 2.24) is 15.4 Å². The molecule has 0 bridgehead atoms. The number of ether oxygens (including phenoxy) is 2. The first-order valence-electron chi connectivity index (χ1n) is 8.10. The van der Waals surface area contributed by atoms with Gasteiger partial charge in [-0.3, -0.25) is 4.99 Å². The highest BCUT2D eigenvalue weighted by molar-refractivity contribution is 14.0. The van der Waals surface area contributed by atoms with E-state index in [-0.39, 0.29) is 35.8 Å². The van der Waals surface area contributed by atoms with Crippen LogP contribution in [0.4, 0.5) is 0 Å². The standard InChI is InChI=1S/C14H30N4O4S.HI/c1-15-14(16-7-5-9-21-2)17-8-11-23(19,20)18-12-13-6-3-4-10-22-13;/h13,18H,3-12H2,1-2H3,(H2,15,16,17);1H. The van der Waals surface area contributed by atoms with Gasteiger partial charge in [0.15, 0.2) is 5.96 Å². The highest BCUT2D eigenvalue weighted by Crippen LogP contribution is 2.11. The van der Waals surface area contributed by atoms with E-state index in [2.05, 4.69) is 20.3 Å². The SMILES string of the molecule is CN=C(NCCCOC)NCCS(=O)(=O)NCC1CCCCO1.I. The van der Waals surface area contributed by atoms with E-state index < -0.39 is 10.0 Å². The summed E-state index contributed by atoms with van der Waals surface area (Å²) in [5, 5.41) is 6.09. The second-order valence-corrected chi connectivity index (χ2v) is 7.35. The molecular formula is C14H31IN4O4S. The van der Waals surface area contributed by atoms with Gasteiger partial charge in [-0.25, -0.2) is 13.1 Å². The highest BCUT2D eigenvalue weighted by Gasteiger charge is 2.17. The zero-order valence-corrected chi connectivity index (χ0v) is 17.7. The number of nitrogens with one attached hydrogen (secondary N) is 3. The number of rotatable bonds is 10. The summed E-state index contributed by atoms with van der Waals surface area (Å²) in [4.78, 5) is 4.04. The van der Waals surface area contributed by atoms with Crippen LogP contribution in [0.3, 0.4) is 0 Å². The van der Waals surface area contributed by atoms with Crippen molar-refractivity contribution in [3.05, 3.63) is 0 Å². The second kappa shape index (κ2) is 14.0. The maximum absolute atomic E-state index is 12.0. The largest absolute Gasteiger partial charge is 0.385 e. The van der Waals surface area contributed by atoms with E-state index in [0.717, 1.165) is 38.8 Å². The Labute approximate surface area is 162 Å². The van der Waals surface area contributed by atoms with Crippen molar-refractivity contribution in [2.75, 3.05) is 52.8 Å². The number of aliphatic imine (C=N–C) groups is 1. The van der Waals surface area contributed by atoms with Crippen molar-refractivity contribution in [2.45, 2.75) is 31.8 Å². The molecule has 0 spiro atoms. The Morgan fingerprint density at radius 2 is 2.04 bits per heavy atom. The van der Waals surface area contributed by atoms with Crippen LogP contribution in [0.5, 0.6) is 0 Å². The summed E-state index contributed by atoms with van der Waals surface area (Å²) in [6, 6.07) is 0. The predicted octanol–water partition coefficient (Wildman–Crippen LogP) is 0.294. The highest BCUT2D eigenvalue weighted by atomic mass is 127. The Balaban J connectivity index is 0.00000529. The van der Waals surface area contributed by atoms with Gasteiger partial charge in [-0.05, 0) is 25.7 Å². The lowest BCUT2D eigenvalue weighted by atomic mass is 10.1. The predicted molar refractivity (Wildman–Crippen MR) is 107 cm³/mol. The number of hydrogen-bond donors (Lipinski definition) is 3. The van der Waals surface area contributed by atoms with Crippen molar-refractivity contribution in [3.8, 4) is 0 Å². The lowest BCUT2D eigenvalue weighted by Crippen LogP contribution is -2.42. The van der Waals surface area contributed by atoms with Gasteiger partial charge < -0.3 is 20.1 Å². The Morgan fingerprint density at radius 3 is 2.67 bits per heavy atom. The van der Waals surface area contributed by atoms with Gasteiger partial charge in [-0.1, -0.05) is 0 Å². The Bertz CT molecular complexity index is 442. The third-order valence-corrected chi connectivity index (χ3v) is 4.86. The minimum absolute atomic E-state index is 0. The average molecular weight is 478 g/mol. The fourth-order valence-corrected chi connectivity index (χ4v) is 3.16. The summed E-state index contributed by atoms with van der Waals surface area (Å²) in [5.74, 6) is 0.588. The normalized spacial score (nSPS) is 18.8. The van der Waals surface area contributed by atoms with E-state index in [1.807, 2.05) is 0 Å². The van der Waals surface area contributed by atoms with Crippen molar-refractivity contribution >= 4 is 40.0 Å². The van der Waals surface area contributed by atoms with Crippen LogP contribution in [0.2, 0.25) is 0 Å². The van der Waals surface area contributed by atoms with Crippen LogP contribution in [-0.2, 0) is 19.5 Å². The average Bonchev–Trinajstić information content (AvgIpc) is 2.56. The second-order valence-electron chi connectivity index (χ2n) is 5.43. The molecule has 0 aliphatic carbocycles. The van der Waals surface area contributed by atoms with Crippen LogP contribution in [-0.4, -0.2) is 73.2 Å². The quantitative estimate of drug-likeness (QED) is 0.181. The molecular weight excluding hydrogens is 447 g/mol. The van der Waals surface area contributed by atoms with Gasteiger partial charge in [0.05, 0.1) is 11.9 Å². The third kappa shape index (κ3) is 11.4. The minimum Gasteiger partial charge on any atom is -0.385 e. The molecule has 0 radical (unpaired) electrons. The van der Waals surface area contributed by atoms with E-state index >= 15 is 0 Å². The maximum atomic E-state index is 12.0. The van der Waals surface area contributed by atoms with Crippen LogP contribution in [0, 0.1) is 0 Å². The molecule has 1 aliphatic rings. The topological polar surface area (TPSA) is 101 Å². The van der Waals surface area contributed by atoms with Crippen molar-refractivity contribution in [2.24, 2.45) is 4.99 Å². The molecule has 1 rings (SSSR count). The molecule has 3 N–H and O–H groups in total. The molecule has 1 heterocycles. The molecule has 1 unspecified atom stereocenters. The monoisotopic (exact) mass is 478 g/mol. The molecule has 0 amide bonds. The van der Waals surface area contributed by atoms with Gasteiger partial charge in [-0.2, -0.15) is 0 Å². The number of hydrogen-bond acceptors (Lipinski definition) is 5. The summed E-state index contributed by atoms with van der Waals surface area (Å²) in [6.45, 7) is 2.76. The molecule has 1 aliphatic heterocycles. The Hall–Kier alpha value is -0.170. The van der Waals surface area contributed by atoms with Gasteiger partial charge in [-0.15, -0.1) is 24.0 Å². The van der Waals surface area contributed by atoms with Gasteiger partial charge in [0.2, 0.25) is 10.0 Å². The lowest BCUT2D eigenvalue weighted by Gasteiger charge is -2.22. The van der Waals surface area contributed by atoms with Gasteiger partial charge in [0.1, 0.15) is 0 Å². The molecule has 24 heavy (non-hydrogen) atoms. The number of guanidine groups is 1. The maximum Gasteiger partial charge on any atom is 0.213 e. The number of methoxy groups -OCH3 is 1. The fourth-order valence-electron chi connectivity index (χ4n) is 2.21. The summed E-state index contributed by atoms with van der Waals surface area (Å²) < 4.78 is 37.0. The number of sulfonamides is 1. The molecule has 0 aromatic rings. The van der Waals surface area contributed by atoms with E-state index in [4.69, 9.17) is 9.47 Å². The number of halogens is 1. The van der Waals surface area contributed by atoms with Crippen LogP contribution >= 0.6 is 24.0 Å². The molecule has 1 saturated heterocycles. The van der Waals surface area contributed by atoms with E-state index in [1.54, 1.807) is 14.2 Å². The van der Waals surface area contributed by atoms with Gasteiger partial charge >= 0.3 is 0 Å². The van der Waals surface area contributed by atoms with Gasteiger partial charge in [0, 0.05) is 47.0 Å². The molecule has 0 aromatic heterocycles. The Morgan fingerprint density at radius 1 is 1.29 bits per heavy atom. The molecule has 8 nitrogen and oxygen atoms in total. The molecule has 0 saturated carbocycles. The van der Waals surface area contributed by atoms with E-state index in [9.17, 15) is 8.42 Å². The van der Waals surface area contributed by atoms with E-state index in [1.165, 1.54) is 0 Å². The fraction of sp³-hybridized carbons (Fsp3) is 0.929. The molecule has 144 valence electrons. The minimum atomic E-state index is -3.31. The van der Waals surface area contributed by atoms with Crippen LogP contribution in [0.15, 0.2) is 4.99 Å². The van der Waals surface area contributed by atoms with Crippen molar-refractivity contribution < 1.29 is 17.9 Å². The molecule has 1 fully saturated rings. The summed E-state index contributed by atoms with van der Waals surface area (Å²) >= 11 is 0. The zero-order valence-electron chi connectivity index (χ0n) is 14.5. The summed E-state index contributed by atoms with van der Waals surface area (Å²) in [5.41, 5.74) is 0. The number of nitrogens with zero attached hydrogens (tertiary/aromatic N) is 1. The first-order valence-corrected chi connectivity index (χ1v) is 9.75. The lowest BCUT2D eigenvalue weighted by molar-refractivity contribution is 0.0200. The summed E-state index contributed by atoms with van der Waals surface area (Å²) in [6.07, 6.45) is 3.93. The third-order valence-electron chi connectivity index (χ3n) is 3.51. The molecule has 10 heteroatoms. The van der Waals surface area contributed by atoms with Gasteiger partial charge in [0.25, 0.3) is 0 Å². The van der Waals surface area contributed by atoms with Crippen molar-refractivity contribution in [3.63, 3.8) is 0 Å². The molecule has 1 atom stereocenters. The van der Waals surface area contributed by atoms with E-state index in [0.29, 0.717) is 25.7 Å². The summed E-state index contributed by atoms with van der Waals surface area (Å²) in [7, 11) is -0.00159. The van der Waals surface area contributed by atoms with Crippen LogP contribution < -0.4 is 15.4 Å². The first kappa shape index (κ1) is 23.8. The first-order chi connectivity index (χ1) is 11.1. The van der Waals surface area contributed by atoms with Crippen LogP contribution in [0.1, 0.15) is 25.7 Å². The molecule has 0 aromatic carbocycles. The van der Waals surface area contributed by atoms with Crippen LogP contribution in [0.25, 0.3) is 0 Å². The zero-order chi connectivity index (χ0) is 17.0. The van der Waals surface area contributed by atoms with Crippen molar-refractivity contribution in [1.29, 1.82) is 0 Å².